The Bertz CT molecular complexity index is 954. The predicted molar refractivity (Wildman–Crippen MR) is 159 cm³/mol. The molecular weight excluding hydrogens is 450 g/mol. The lowest BCUT2D eigenvalue weighted by Gasteiger charge is -2.15. The maximum Gasteiger partial charge on any atom is 0.293 e. The Morgan fingerprint density at radius 3 is 2.31 bits per heavy atom. The Kier molecular flexibility index (Phi) is 20.6. The molecule has 198 valence electrons. The minimum Gasteiger partial charge on any atom is -0.468 e. The van der Waals surface area contributed by atoms with E-state index in [0.29, 0.717) is 17.3 Å². The molecule has 0 unspecified atom stereocenters. The van der Waals surface area contributed by atoms with Crippen molar-refractivity contribution < 1.29 is 9.53 Å². The molecule has 0 spiro atoms. The first-order valence-electron chi connectivity index (χ1n) is 11.9. The SMILES string of the molecule is C=C/C(=C\C(=C/C)N(C)C)C(=O)Nc1ccc(C)c(NC(=N/C=C/C/C=C\C)OC)c1.C=NC.CC. The minimum absolute atomic E-state index is 0.237. The second-order valence-corrected chi connectivity index (χ2v) is 7.16. The Labute approximate surface area is 218 Å². The number of nitrogens with one attached hydrogen (secondary N) is 2. The molecule has 7 heteroatoms. The molecule has 0 heterocycles. The highest BCUT2D eigenvalue weighted by Gasteiger charge is 2.10. The first-order valence-corrected chi connectivity index (χ1v) is 11.9. The smallest absolute Gasteiger partial charge is 0.293 e. The number of aryl methyl sites for hydroxylation is 1. The Hall–Kier alpha value is -3.87. The summed E-state index contributed by atoms with van der Waals surface area (Å²) in [6.07, 6.45) is 13.7. The molecule has 0 saturated carbocycles. The predicted octanol–water partition coefficient (Wildman–Crippen LogP) is 6.75. The number of methoxy groups -OCH3 is 1. The summed E-state index contributed by atoms with van der Waals surface area (Å²) < 4.78 is 5.32. The number of rotatable bonds is 9. The molecule has 0 bridgehead atoms. The molecule has 2 N–H and O–H groups in total. The van der Waals surface area contributed by atoms with Crippen molar-refractivity contribution in [1.29, 1.82) is 0 Å². The van der Waals surface area contributed by atoms with Gasteiger partial charge in [-0.15, -0.1) is 0 Å². The number of allylic oxidation sites excluding steroid dienone is 5. The van der Waals surface area contributed by atoms with Gasteiger partial charge in [0.2, 0.25) is 0 Å². The largest absolute Gasteiger partial charge is 0.468 e. The zero-order valence-electron chi connectivity index (χ0n) is 23.6. The molecule has 0 atom stereocenters. The fraction of sp³-hybridized carbons (Fsp3) is 0.345. The van der Waals surface area contributed by atoms with Gasteiger partial charge in [-0.2, -0.15) is 0 Å². The number of amides is 1. The lowest BCUT2D eigenvalue weighted by atomic mass is 10.1. The summed E-state index contributed by atoms with van der Waals surface area (Å²) in [5.41, 5.74) is 3.81. The van der Waals surface area contributed by atoms with E-state index in [1.807, 2.05) is 96.1 Å². The number of likely N-dealkylation sites (N-methyl/N-ethyl adjacent to an activating group) is 1. The normalized spacial score (nSPS) is 11.6. The first-order chi connectivity index (χ1) is 17.3. The van der Waals surface area contributed by atoms with Gasteiger partial charge in [-0.3, -0.25) is 4.79 Å². The van der Waals surface area contributed by atoms with Crippen LogP contribution in [0.15, 0.2) is 88.7 Å². The average molecular weight is 496 g/mol. The summed E-state index contributed by atoms with van der Waals surface area (Å²) >= 11 is 0. The third-order valence-corrected chi connectivity index (χ3v) is 4.33. The molecular formula is C29H45N5O2. The fourth-order valence-corrected chi connectivity index (χ4v) is 2.53. The fourth-order valence-electron chi connectivity index (χ4n) is 2.53. The van der Waals surface area contributed by atoms with Crippen molar-refractivity contribution in [2.24, 2.45) is 9.98 Å². The summed E-state index contributed by atoms with van der Waals surface area (Å²) in [4.78, 5) is 22.2. The van der Waals surface area contributed by atoms with Gasteiger partial charge >= 0.3 is 0 Å². The van der Waals surface area contributed by atoms with Gasteiger partial charge in [0, 0.05) is 50.0 Å². The van der Waals surface area contributed by atoms with Crippen LogP contribution in [-0.4, -0.2) is 51.8 Å². The van der Waals surface area contributed by atoms with Crippen molar-refractivity contribution in [3.63, 3.8) is 0 Å². The van der Waals surface area contributed by atoms with Gasteiger partial charge in [-0.25, -0.2) is 4.99 Å². The molecule has 0 aliphatic heterocycles. The van der Waals surface area contributed by atoms with Gasteiger partial charge in [0.25, 0.3) is 11.9 Å². The van der Waals surface area contributed by atoms with Gasteiger partial charge < -0.3 is 25.3 Å². The van der Waals surface area contributed by atoms with Crippen LogP contribution in [0.4, 0.5) is 11.4 Å². The molecule has 0 fully saturated rings. The highest BCUT2D eigenvalue weighted by molar-refractivity contribution is 6.06. The second kappa shape index (κ2) is 21.6. The van der Waals surface area contributed by atoms with Crippen molar-refractivity contribution in [3.8, 4) is 0 Å². The number of nitrogens with zero attached hydrogens (tertiary/aromatic N) is 3. The van der Waals surface area contributed by atoms with Crippen LogP contribution in [0.25, 0.3) is 0 Å². The van der Waals surface area contributed by atoms with E-state index in [4.69, 9.17) is 4.74 Å². The number of hydrogen-bond acceptors (Lipinski definition) is 5. The maximum atomic E-state index is 12.7. The molecule has 1 aromatic carbocycles. The van der Waals surface area contributed by atoms with Crippen molar-refractivity contribution in [3.05, 3.63) is 84.3 Å². The standard InChI is InChI=1S/C25H34N4O2.C2H5N.C2H6/c1-8-11-12-13-16-26-25(31-7)28-23-18-21(15-14-19(23)4)27-24(30)20(9-2)17-22(10-3)29(5)6;1-3-2;1-2/h8-11,13-18H,2,12H2,1,3-7H3,(H,26,28)(H,27,30);1H2,2H3;1-2H3/b11-8-,16-13+,20-17+,22-10+;;. The maximum absolute atomic E-state index is 12.7. The summed E-state index contributed by atoms with van der Waals surface area (Å²) in [5, 5.41) is 6.08. The van der Waals surface area contributed by atoms with E-state index in [2.05, 4.69) is 33.9 Å². The van der Waals surface area contributed by atoms with Gasteiger partial charge in [-0.1, -0.05) is 56.9 Å². The van der Waals surface area contributed by atoms with Gasteiger partial charge in [0.15, 0.2) is 0 Å². The van der Waals surface area contributed by atoms with Crippen LogP contribution in [0.3, 0.4) is 0 Å². The van der Waals surface area contributed by atoms with Gasteiger partial charge in [0.05, 0.1) is 7.11 Å². The molecule has 0 aliphatic rings. The summed E-state index contributed by atoms with van der Waals surface area (Å²) in [6.45, 7) is 16.7. The van der Waals surface area contributed by atoms with Crippen molar-refractivity contribution in [1.82, 2.24) is 4.90 Å². The van der Waals surface area contributed by atoms with Gasteiger partial charge in [0.1, 0.15) is 0 Å². The molecule has 0 aromatic heterocycles. The molecule has 0 radical (unpaired) electrons. The Morgan fingerprint density at radius 2 is 1.81 bits per heavy atom. The van der Waals surface area contributed by atoms with Crippen LogP contribution in [0.2, 0.25) is 0 Å². The molecule has 1 amide bonds. The lowest BCUT2D eigenvalue weighted by molar-refractivity contribution is -0.112. The molecule has 7 nitrogen and oxygen atoms in total. The number of anilines is 2. The Morgan fingerprint density at radius 1 is 1.17 bits per heavy atom. The zero-order valence-corrected chi connectivity index (χ0v) is 23.6. The Balaban J connectivity index is 0. The van der Waals surface area contributed by atoms with Crippen LogP contribution in [-0.2, 0) is 9.53 Å². The number of hydrogen-bond donors (Lipinski definition) is 2. The lowest BCUT2D eigenvalue weighted by Crippen LogP contribution is -2.17. The van der Waals surface area contributed by atoms with E-state index in [1.165, 1.54) is 0 Å². The summed E-state index contributed by atoms with van der Waals surface area (Å²) in [5.74, 6) is -0.237. The second-order valence-electron chi connectivity index (χ2n) is 7.16. The topological polar surface area (TPSA) is 78.3 Å². The summed E-state index contributed by atoms with van der Waals surface area (Å²) in [7, 11) is 7.04. The molecule has 1 rings (SSSR count). The number of benzene rings is 1. The van der Waals surface area contributed by atoms with E-state index in [0.717, 1.165) is 23.4 Å². The molecule has 0 aliphatic carbocycles. The molecule has 0 saturated heterocycles. The van der Waals surface area contributed by atoms with E-state index in [9.17, 15) is 4.79 Å². The van der Waals surface area contributed by atoms with Crippen LogP contribution in [0.1, 0.15) is 39.7 Å². The van der Waals surface area contributed by atoms with Crippen molar-refractivity contribution in [2.45, 2.75) is 41.0 Å². The average Bonchev–Trinajstić information content (AvgIpc) is 2.87. The van der Waals surface area contributed by atoms with E-state index < -0.39 is 0 Å². The number of ether oxygens (including phenoxy) is 1. The van der Waals surface area contributed by atoms with E-state index in [1.54, 1.807) is 32.5 Å². The first kappa shape index (κ1) is 34.3. The highest BCUT2D eigenvalue weighted by Crippen LogP contribution is 2.21. The van der Waals surface area contributed by atoms with E-state index in [-0.39, 0.29) is 5.91 Å². The number of carbonyl (C=O) groups is 1. The van der Waals surface area contributed by atoms with Crippen LogP contribution in [0, 0.1) is 6.92 Å². The summed E-state index contributed by atoms with van der Waals surface area (Å²) in [6, 6.07) is 5.97. The van der Waals surface area contributed by atoms with Gasteiger partial charge in [-0.05, 0) is 57.7 Å². The van der Waals surface area contributed by atoms with E-state index >= 15 is 0 Å². The molecule has 36 heavy (non-hydrogen) atoms. The number of aliphatic imine (C=N–C) groups is 2. The minimum atomic E-state index is -0.237. The third-order valence-electron chi connectivity index (χ3n) is 4.33. The monoisotopic (exact) mass is 495 g/mol. The quantitative estimate of drug-likeness (QED) is 0.131. The van der Waals surface area contributed by atoms with Crippen LogP contribution >= 0.6 is 0 Å². The van der Waals surface area contributed by atoms with Crippen LogP contribution in [0.5, 0.6) is 0 Å². The third kappa shape index (κ3) is 14.4. The van der Waals surface area contributed by atoms with Crippen molar-refractivity contribution >= 4 is 30.0 Å². The van der Waals surface area contributed by atoms with Crippen molar-refractivity contribution in [2.75, 3.05) is 38.9 Å². The van der Waals surface area contributed by atoms with Crippen LogP contribution < -0.4 is 10.6 Å². The zero-order chi connectivity index (χ0) is 27.9. The number of carbonyl (C=O) groups excluding carboxylic acids is 1. The number of amidine groups is 1. The highest BCUT2D eigenvalue weighted by atomic mass is 16.5. The molecule has 1 aromatic rings.